The number of carboxylic acid groups (broad SMARTS) is 1. The SMILES string of the molecule is O=C(O)CCCCCCCNC(=O)c1cc2ccccc2o1. The zero-order valence-electron chi connectivity index (χ0n) is 12.5. The van der Waals surface area contributed by atoms with Crippen LogP contribution in [0.2, 0.25) is 0 Å². The Morgan fingerprint density at radius 1 is 1.05 bits per heavy atom. The number of carboxylic acids is 1. The first-order valence-electron chi connectivity index (χ1n) is 7.65. The van der Waals surface area contributed by atoms with E-state index in [0.717, 1.165) is 37.5 Å². The highest BCUT2D eigenvalue weighted by molar-refractivity contribution is 5.95. The lowest BCUT2D eigenvalue weighted by Crippen LogP contribution is -2.23. The van der Waals surface area contributed by atoms with Gasteiger partial charge in [0.2, 0.25) is 0 Å². The van der Waals surface area contributed by atoms with Crippen molar-refractivity contribution in [1.29, 1.82) is 0 Å². The minimum Gasteiger partial charge on any atom is -0.481 e. The van der Waals surface area contributed by atoms with E-state index >= 15 is 0 Å². The van der Waals surface area contributed by atoms with Crippen LogP contribution in [-0.4, -0.2) is 23.5 Å². The number of unbranched alkanes of at least 4 members (excludes halogenated alkanes) is 4. The number of fused-ring (bicyclic) bond motifs is 1. The van der Waals surface area contributed by atoms with Crippen LogP contribution < -0.4 is 5.32 Å². The van der Waals surface area contributed by atoms with Crippen LogP contribution in [0.15, 0.2) is 34.7 Å². The van der Waals surface area contributed by atoms with Crippen LogP contribution >= 0.6 is 0 Å². The molecule has 0 aliphatic rings. The topological polar surface area (TPSA) is 79.5 Å². The van der Waals surface area contributed by atoms with Gasteiger partial charge in [-0.1, -0.05) is 37.5 Å². The number of aliphatic carboxylic acids is 1. The molecule has 0 spiro atoms. The molecule has 0 fully saturated rings. The summed E-state index contributed by atoms with van der Waals surface area (Å²) in [5, 5.41) is 12.3. The number of amides is 1. The highest BCUT2D eigenvalue weighted by atomic mass is 16.4. The molecule has 5 nitrogen and oxygen atoms in total. The first-order chi connectivity index (χ1) is 10.7. The van der Waals surface area contributed by atoms with E-state index in [1.54, 1.807) is 6.07 Å². The van der Waals surface area contributed by atoms with Gasteiger partial charge in [-0.15, -0.1) is 0 Å². The van der Waals surface area contributed by atoms with Gasteiger partial charge in [0.25, 0.3) is 5.91 Å². The zero-order valence-corrected chi connectivity index (χ0v) is 12.5. The first-order valence-corrected chi connectivity index (χ1v) is 7.65. The van der Waals surface area contributed by atoms with Crippen LogP contribution in [0.4, 0.5) is 0 Å². The Labute approximate surface area is 129 Å². The summed E-state index contributed by atoms with van der Waals surface area (Å²) in [7, 11) is 0. The van der Waals surface area contributed by atoms with E-state index in [-0.39, 0.29) is 12.3 Å². The minimum atomic E-state index is -0.738. The number of rotatable bonds is 9. The fourth-order valence-corrected chi connectivity index (χ4v) is 2.31. The van der Waals surface area contributed by atoms with Gasteiger partial charge in [-0.05, 0) is 25.0 Å². The van der Waals surface area contributed by atoms with Crippen molar-refractivity contribution in [2.45, 2.75) is 38.5 Å². The molecular weight excluding hydrogens is 282 g/mol. The molecule has 22 heavy (non-hydrogen) atoms. The number of nitrogens with one attached hydrogen (secondary N) is 1. The van der Waals surface area contributed by atoms with Crippen LogP contribution in [0, 0.1) is 0 Å². The van der Waals surface area contributed by atoms with Crippen molar-refractivity contribution in [2.24, 2.45) is 0 Å². The van der Waals surface area contributed by atoms with Crippen LogP contribution in [0.1, 0.15) is 49.1 Å². The highest BCUT2D eigenvalue weighted by Crippen LogP contribution is 2.18. The lowest BCUT2D eigenvalue weighted by atomic mass is 10.1. The molecule has 0 aliphatic heterocycles. The van der Waals surface area contributed by atoms with Crippen molar-refractivity contribution in [3.05, 3.63) is 36.1 Å². The van der Waals surface area contributed by atoms with Crippen molar-refractivity contribution >= 4 is 22.8 Å². The zero-order chi connectivity index (χ0) is 15.8. The van der Waals surface area contributed by atoms with Gasteiger partial charge in [-0.2, -0.15) is 0 Å². The van der Waals surface area contributed by atoms with Crippen LogP contribution in [0.25, 0.3) is 11.0 Å². The molecule has 2 aromatic rings. The maximum Gasteiger partial charge on any atom is 0.303 e. The third kappa shape index (κ3) is 4.91. The predicted octanol–water partition coefficient (Wildman–Crippen LogP) is 3.59. The molecule has 5 heteroatoms. The third-order valence-corrected chi connectivity index (χ3v) is 3.50. The molecule has 0 saturated carbocycles. The van der Waals surface area contributed by atoms with Gasteiger partial charge >= 0.3 is 5.97 Å². The average Bonchev–Trinajstić information content (AvgIpc) is 2.93. The molecule has 0 unspecified atom stereocenters. The Kier molecular flexibility index (Phi) is 6.01. The van der Waals surface area contributed by atoms with Crippen LogP contribution in [0.5, 0.6) is 0 Å². The highest BCUT2D eigenvalue weighted by Gasteiger charge is 2.10. The van der Waals surface area contributed by atoms with Crippen LogP contribution in [-0.2, 0) is 4.79 Å². The summed E-state index contributed by atoms with van der Waals surface area (Å²) in [6.07, 6.45) is 4.75. The number of para-hydroxylation sites is 1. The van der Waals surface area contributed by atoms with Gasteiger partial charge in [0.15, 0.2) is 5.76 Å². The number of hydrogen-bond acceptors (Lipinski definition) is 3. The van der Waals surface area contributed by atoms with E-state index in [9.17, 15) is 9.59 Å². The molecule has 1 amide bonds. The second kappa shape index (κ2) is 8.22. The van der Waals surface area contributed by atoms with Crippen molar-refractivity contribution in [1.82, 2.24) is 5.32 Å². The van der Waals surface area contributed by atoms with Crippen molar-refractivity contribution in [3.8, 4) is 0 Å². The molecule has 0 atom stereocenters. The summed E-state index contributed by atoms with van der Waals surface area (Å²) < 4.78 is 5.49. The maximum atomic E-state index is 12.0. The van der Waals surface area contributed by atoms with E-state index in [0.29, 0.717) is 17.9 Å². The van der Waals surface area contributed by atoms with Crippen molar-refractivity contribution in [2.75, 3.05) is 6.54 Å². The largest absolute Gasteiger partial charge is 0.481 e. The Morgan fingerprint density at radius 3 is 2.55 bits per heavy atom. The minimum absolute atomic E-state index is 0.193. The molecule has 1 heterocycles. The molecule has 0 radical (unpaired) electrons. The Morgan fingerprint density at radius 2 is 1.77 bits per heavy atom. The summed E-state index contributed by atoms with van der Waals surface area (Å²) in [6.45, 7) is 0.606. The summed E-state index contributed by atoms with van der Waals surface area (Å²) in [4.78, 5) is 22.3. The molecule has 2 rings (SSSR count). The number of carbonyl (C=O) groups is 2. The fourth-order valence-electron chi connectivity index (χ4n) is 2.31. The molecule has 1 aromatic heterocycles. The van der Waals surface area contributed by atoms with E-state index in [2.05, 4.69) is 5.32 Å². The van der Waals surface area contributed by atoms with Crippen molar-refractivity contribution in [3.63, 3.8) is 0 Å². The standard InChI is InChI=1S/C17H21NO4/c19-16(20)10-4-2-1-3-7-11-18-17(21)15-12-13-8-5-6-9-14(13)22-15/h5-6,8-9,12H,1-4,7,10-11H2,(H,18,21)(H,19,20). The molecule has 2 N–H and O–H groups in total. The number of carbonyl (C=O) groups excluding carboxylic acids is 1. The molecular formula is C17H21NO4. The maximum absolute atomic E-state index is 12.0. The lowest BCUT2D eigenvalue weighted by molar-refractivity contribution is -0.137. The Hall–Kier alpha value is -2.30. The summed E-state index contributed by atoms with van der Waals surface area (Å²) in [5.74, 6) is -0.595. The van der Waals surface area contributed by atoms with E-state index in [4.69, 9.17) is 9.52 Å². The third-order valence-electron chi connectivity index (χ3n) is 3.50. The van der Waals surface area contributed by atoms with Gasteiger partial charge in [0.1, 0.15) is 5.58 Å². The summed E-state index contributed by atoms with van der Waals surface area (Å²) >= 11 is 0. The number of benzene rings is 1. The Balaban J connectivity index is 1.62. The summed E-state index contributed by atoms with van der Waals surface area (Å²) in [6, 6.07) is 9.27. The quantitative estimate of drug-likeness (QED) is 0.694. The predicted molar refractivity (Wildman–Crippen MR) is 83.9 cm³/mol. The van der Waals surface area contributed by atoms with E-state index in [1.807, 2.05) is 24.3 Å². The fraction of sp³-hybridized carbons (Fsp3) is 0.412. The first kappa shape index (κ1) is 16.1. The van der Waals surface area contributed by atoms with E-state index < -0.39 is 5.97 Å². The molecule has 0 saturated heterocycles. The van der Waals surface area contributed by atoms with Gasteiger partial charge < -0.3 is 14.8 Å². The second-order valence-corrected chi connectivity index (χ2v) is 5.32. The van der Waals surface area contributed by atoms with Gasteiger partial charge in [-0.3, -0.25) is 9.59 Å². The smallest absolute Gasteiger partial charge is 0.303 e. The molecule has 118 valence electrons. The van der Waals surface area contributed by atoms with Gasteiger partial charge in [-0.25, -0.2) is 0 Å². The number of furan rings is 1. The van der Waals surface area contributed by atoms with Gasteiger partial charge in [0.05, 0.1) is 0 Å². The van der Waals surface area contributed by atoms with Gasteiger partial charge in [0, 0.05) is 18.4 Å². The molecule has 1 aromatic carbocycles. The Bertz CT molecular complexity index is 599. The molecule has 0 bridgehead atoms. The molecule has 0 aliphatic carbocycles. The monoisotopic (exact) mass is 303 g/mol. The second-order valence-electron chi connectivity index (χ2n) is 5.32. The normalized spacial score (nSPS) is 10.7. The van der Waals surface area contributed by atoms with Crippen molar-refractivity contribution < 1.29 is 19.1 Å². The number of hydrogen-bond donors (Lipinski definition) is 2. The van der Waals surface area contributed by atoms with Crippen LogP contribution in [0.3, 0.4) is 0 Å². The average molecular weight is 303 g/mol. The summed E-state index contributed by atoms with van der Waals surface area (Å²) in [5.41, 5.74) is 0.714. The lowest BCUT2D eigenvalue weighted by Gasteiger charge is -2.03. The van der Waals surface area contributed by atoms with E-state index in [1.165, 1.54) is 0 Å².